The highest BCUT2D eigenvalue weighted by Crippen LogP contribution is 2.43. The molecule has 0 heterocycles. The number of allylic oxidation sites excluding steroid dienone is 14. The number of esters is 2. The third kappa shape index (κ3) is 44.6. The van der Waals surface area contributed by atoms with Crippen molar-refractivity contribution in [3.05, 3.63) is 85.1 Å². The molecule has 10 heteroatoms. The van der Waals surface area contributed by atoms with Crippen LogP contribution in [0.5, 0.6) is 0 Å². The van der Waals surface area contributed by atoms with Crippen LogP contribution >= 0.6 is 7.82 Å². The van der Waals surface area contributed by atoms with E-state index in [4.69, 9.17) is 24.3 Å². The molecule has 0 aliphatic carbocycles. The highest BCUT2D eigenvalue weighted by molar-refractivity contribution is 7.47. The Morgan fingerprint density at radius 2 is 0.915 bits per heavy atom. The van der Waals surface area contributed by atoms with Gasteiger partial charge in [0.2, 0.25) is 0 Å². The van der Waals surface area contributed by atoms with Crippen LogP contribution in [0.25, 0.3) is 0 Å². The SMILES string of the molecule is CCCCCC=CCC=CCC=CCC=CCC=CCCC(=O)OC[C@H](COP(=O)(O)OCCN)OC(=O)CCCCCCCCCCCC=CCC=CCCCCC. The van der Waals surface area contributed by atoms with Crippen LogP contribution in [0, 0.1) is 0 Å². The largest absolute Gasteiger partial charge is 0.472 e. The first-order valence-electron chi connectivity index (χ1n) is 23.1. The third-order valence-corrected chi connectivity index (χ3v) is 10.3. The zero-order valence-corrected chi connectivity index (χ0v) is 38.1. The summed E-state index contributed by atoms with van der Waals surface area (Å²) in [5.74, 6) is -0.935. The topological polar surface area (TPSA) is 134 Å². The van der Waals surface area contributed by atoms with Gasteiger partial charge in [-0.25, -0.2) is 4.57 Å². The van der Waals surface area contributed by atoms with E-state index in [1.807, 2.05) is 12.2 Å². The molecule has 0 spiro atoms. The minimum Gasteiger partial charge on any atom is -0.462 e. The van der Waals surface area contributed by atoms with Gasteiger partial charge in [-0.2, -0.15) is 0 Å². The van der Waals surface area contributed by atoms with E-state index in [1.54, 1.807) is 0 Å². The van der Waals surface area contributed by atoms with Gasteiger partial charge in [-0.05, 0) is 83.5 Å². The van der Waals surface area contributed by atoms with E-state index in [1.165, 1.54) is 83.5 Å². The Hall–Kier alpha value is -2.81. The van der Waals surface area contributed by atoms with Crippen molar-refractivity contribution in [2.45, 2.75) is 187 Å². The average molecular weight is 846 g/mol. The maximum Gasteiger partial charge on any atom is 0.472 e. The Labute approximate surface area is 360 Å². The predicted molar refractivity (Wildman–Crippen MR) is 247 cm³/mol. The van der Waals surface area contributed by atoms with Crippen molar-refractivity contribution in [3.8, 4) is 0 Å². The molecule has 0 aliphatic heterocycles. The number of carbonyl (C=O) groups excluding carboxylic acids is 2. The molecule has 59 heavy (non-hydrogen) atoms. The van der Waals surface area contributed by atoms with Gasteiger partial charge in [0.15, 0.2) is 6.10 Å². The molecule has 0 radical (unpaired) electrons. The summed E-state index contributed by atoms with van der Waals surface area (Å²) in [5, 5.41) is 0. The average Bonchev–Trinajstić information content (AvgIpc) is 3.22. The van der Waals surface area contributed by atoms with Crippen molar-refractivity contribution in [1.82, 2.24) is 0 Å². The second-order valence-electron chi connectivity index (χ2n) is 14.9. The molecule has 9 nitrogen and oxygen atoms in total. The molecular weight excluding hydrogens is 762 g/mol. The first kappa shape index (κ1) is 56.2. The Balaban J connectivity index is 4.26. The van der Waals surface area contributed by atoms with Crippen LogP contribution in [0.3, 0.4) is 0 Å². The van der Waals surface area contributed by atoms with Gasteiger partial charge < -0.3 is 20.1 Å². The summed E-state index contributed by atoms with van der Waals surface area (Å²) in [4.78, 5) is 34.9. The molecule has 0 fully saturated rings. The summed E-state index contributed by atoms with van der Waals surface area (Å²) >= 11 is 0. The third-order valence-electron chi connectivity index (χ3n) is 9.27. The van der Waals surface area contributed by atoms with E-state index < -0.39 is 32.5 Å². The number of nitrogens with two attached hydrogens (primary N) is 1. The Morgan fingerprint density at radius 3 is 1.37 bits per heavy atom. The number of ether oxygens (including phenoxy) is 2. The summed E-state index contributed by atoms with van der Waals surface area (Å²) < 4.78 is 32.7. The second-order valence-corrected chi connectivity index (χ2v) is 16.4. The standard InChI is InChI=1S/C49H84NO8P/c1-3-5-7-9-11-13-15-17-19-21-23-25-27-29-31-33-35-37-39-41-48(51)55-45-47(46-57-59(53,54)56-44-43-50)58-49(52)42-40-38-36-34-32-30-28-26-24-22-20-18-16-14-12-10-8-6-4-2/h11-14,17-20,23,25,29,31,35,37,47H,3-10,15-16,21-22,24,26-28,30,32-34,36,38-46,50H2,1-2H3,(H,53,54)/t47-/m1/s1. The maximum atomic E-state index is 12.6. The van der Waals surface area contributed by atoms with E-state index in [9.17, 15) is 19.0 Å². The predicted octanol–water partition coefficient (Wildman–Crippen LogP) is 13.6. The lowest BCUT2D eigenvalue weighted by Gasteiger charge is -2.19. The van der Waals surface area contributed by atoms with Crippen molar-refractivity contribution in [3.63, 3.8) is 0 Å². The molecule has 3 N–H and O–H groups in total. The summed E-state index contributed by atoms with van der Waals surface area (Å²) in [6, 6.07) is 0. The lowest BCUT2D eigenvalue weighted by molar-refractivity contribution is -0.161. The van der Waals surface area contributed by atoms with Crippen molar-refractivity contribution in [2.75, 3.05) is 26.4 Å². The molecule has 1 unspecified atom stereocenters. The van der Waals surface area contributed by atoms with Gasteiger partial charge in [0.25, 0.3) is 0 Å². The summed E-state index contributed by atoms with van der Waals surface area (Å²) in [7, 11) is -4.40. The fourth-order valence-electron chi connectivity index (χ4n) is 5.82. The molecule has 0 amide bonds. The van der Waals surface area contributed by atoms with Gasteiger partial charge >= 0.3 is 19.8 Å². The number of phosphoric ester groups is 1. The minimum absolute atomic E-state index is 0.0392. The molecule has 0 aromatic rings. The summed E-state index contributed by atoms with van der Waals surface area (Å²) in [5.41, 5.74) is 5.35. The van der Waals surface area contributed by atoms with Crippen LogP contribution in [0.2, 0.25) is 0 Å². The lowest BCUT2D eigenvalue weighted by Crippen LogP contribution is -2.29. The van der Waals surface area contributed by atoms with Gasteiger partial charge in [0, 0.05) is 19.4 Å². The van der Waals surface area contributed by atoms with Crippen LogP contribution < -0.4 is 5.73 Å². The Kier molecular flexibility index (Phi) is 42.6. The monoisotopic (exact) mass is 846 g/mol. The van der Waals surface area contributed by atoms with Crippen LogP contribution in [0.15, 0.2) is 85.1 Å². The van der Waals surface area contributed by atoms with E-state index >= 15 is 0 Å². The fraction of sp³-hybridized carbons (Fsp3) is 0.673. The number of carbonyl (C=O) groups is 2. The molecule has 0 aromatic heterocycles. The van der Waals surface area contributed by atoms with E-state index in [-0.39, 0.29) is 32.6 Å². The van der Waals surface area contributed by atoms with Crippen molar-refractivity contribution in [1.29, 1.82) is 0 Å². The normalized spacial score (nSPS) is 14.0. The second kappa shape index (κ2) is 44.7. The molecule has 0 saturated heterocycles. The molecule has 338 valence electrons. The number of hydrogen-bond donors (Lipinski definition) is 2. The van der Waals surface area contributed by atoms with Crippen molar-refractivity contribution < 1.29 is 37.6 Å². The molecule has 0 saturated carbocycles. The fourth-order valence-corrected chi connectivity index (χ4v) is 6.59. The van der Waals surface area contributed by atoms with Crippen LogP contribution in [0.1, 0.15) is 181 Å². The van der Waals surface area contributed by atoms with Gasteiger partial charge in [-0.3, -0.25) is 18.6 Å². The van der Waals surface area contributed by atoms with Gasteiger partial charge in [-0.15, -0.1) is 0 Å². The van der Waals surface area contributed by atoms with E-state index in [0.717, 1.165) is 57.8 Å². The minimum atomic E-state index is -4.40. The highest BCUT2D eigenvalue weighted by atomic mass is 31.2. The smallest absolute Gasteiger partial charge is 0.462 e. The number of phosphoric acid groups is 1. The number of unbranched alkanes of at least 4 members (excludes halogenated alkanes) is 15. The van der Waals surface area contributed by atoms with Gasteiger partial charge in [0.1, 0.15) is 6.61 Å². The number of rotatable bonds is 42. The van der Waals surface area contributed by atoms with E-state index in [2.05, 4.69) is 86.8 Å². The van der Waals surface area contributed by atoms with Crippen LogP contribution in [-0.2, 0) is 32.7 Å². The van der Waals surface area contributed by atoms with Crippen LogP contribution in [0.4, 0.5) is 0 Å². The maximum absolute atomic E-state index is 12.6. The summed E-state index contributed by atoms with van der Waals surface area (Å²) in [6.07, 6.45) is 56.2. The molecular formula is C49H84NO8P. The zero-order chi connectivity index (χ0) is 43.2. The molecule has 2 atom stereocenters. The first-order valence-corrected chi connectivity index (χ1v) is 24.6. The number of hydrogen-bond acceptors (Lipinski definition) is 8. The zero-order valence-electron chi connectivity index (χ0n) is 37.2. The van der Waals surface area contributed by atoms with Gasteiger partial charge in [0.05, 0.1) is 13.2 Å². The van der Waals surface area contributed by atoms with Crippen molar-refractivity contribution >= 4 is 19.8 Å². The Bertz CT molecular complexity index is 1240. The molecule has 0 rings (SSSR count). The van der Waals surface area contributed by atoms with Crippen molar-refractivity contribution in [2.24, 2.45) is 5.73 Å². The lowest BCUT2D eigenvalue weighted by atomic mass is 10.1. The first-order chi connectivity index (χ1) is 28.8. The molecule has 0 aromatic carbocycles. The quantitative estimate of drug-likeness (QED) is 0.0266. The molecule has 0 aliphatic rings. The Morgan fingerprint density at radius 1 is 0.508 bits per heavy atom. The highest BCUT2D eigenvalue weighted by Gasteiger charge is 2.25. The van der Waals surface area contributed by atoms with Crippen LogP contribution in [-0.4, -0.2) is 49.3 Å². The summed E-state index contributed by atoms with van der Waals surface area (Å²) in [6.45, 7) is 3.58. The van der Waals surface area contributed by atoms with E-state index in [0.29, 0.717) is 12.8 Å². The van der Waals surface area contributed by atoms with Gasteiger partial charge in [-0.1, -0.05) is 170 Å². The molecule has 0 bridgehead atoms.